The van der Waals surface area contributed by atoms with Gasteiger partial charge in [0, 0.05) is 0 Å². The Kier molecular flexibility index (Phi) is 3.27. The summed E-state index contributed by atoms with van der Waals surface area (Å²) in [4.78, 5) is 10.7. The third-order valence-corrected chi connectivity index (χ3v) is 2.72. The highest BCUT2D eigenvalue weighted by molar-refractivity contribution is 5.84. The summed E-state index contributed by atoms with van der Waals surface area (Å²) >= 11 is 0. The molecule has 0 fully saturated rings. The average Bonchev–Trinajstić information content (AvgIpc) is 2.88. The van der Waals surface area contributed by atoms with E-state index in [2.05, 4.69) is 10.3 Å². The van der Waals surface area contributed by atoms with E-state index in [1.807, 2.05) is 31.2 Å². The van der Waals surface area contributed by atoms with Gasteiger partial charge < -0.3 is 9.84 Å². The first kappa shape index (κ1) is 12.1. The van der Waals surface area contributed by atoms with Crippen molar-refractivity contribution in [2.45, 2.75) is 13.0 Å². The zero-order valence-electron chi connectivity index (χ0n) is 10.1. The Hall–Kier alpha value is -2.37. The van der Waals surface area contributed by atoms with Gasteiger partial charge in [0.2, 0.25) is 0 Å². The molecule has 0 aliphatic heterocycles. The molecule has 94 valence electrons. The monoisotopic (exact) mass is 247 g/mol. The number of methoxy groups -OCH3 is 1. The fraction of sp³-hybridized carbons (Fsp3) is 0.250. The second-order valence-corrected chi connectivity index (χ2v) is 3.84. The lowest BCUT2D eigenvalue weighted by Gasteiger charge is -2.11. The third-order valence-electron chi connectivity index (χ3n) is 2.72. The molecule has 6 heteroatoms. The molecule has 0 saturated heterocycles. The van der Waals surface area contributed by atoms with Gasteiger partial charge in [0.15, 0.2) is 5.69 Å². The molecule has 6 nitrogen and oxygen atoms in total. The van der Waals surface area contributed by atoms with Gasteiger partial charge in [-0.2, -0.15) is 0 Å². The lowest BCUT2D eigenvalue weighted by atomic mass is 10.1. The summed E-state index contributed by atoms with van der Waals surface area (Å²) in [6.45, 7) is 1.92. The second kappa shape index (κ2) is 4.87. The Morgan fingerprint density at radius 1 is 1.39 bits per heavy atom. The van der Waals surface area contributed by atoms with Gasteiger partial charge in [-0.05, 0) is 24.6 Å². The third kappa shape index (κ3) is 2.32. The first-order valence-corrected chi connectivity index (χ1v) is 5.41. The van der Waals surface area contributed by atoms with Crippen molar-refractivity contribution in [1.82, 2.24) is 15.0 Å². The summed E-state index contributed by atoms with van der Waals surface area (Å²) in [6, 6.07) is 7.43. The molecular weight excluding hydrogens is 234 g/mol. The lowest BCUT2D eigenvalue weighted by molar-refractivity contribution is 0.0690. The van der Waals surface area contributed by atoms with Crippen molar-refractivity contribution in [3.05, 3.63) is 41.7 Å². The Labute approximate surface area is 104 Å². The van der Waals surface area contributed by atoms with E-state index in [0.717, 1.165) is 11.3 Å². The number of ether oxygens (including phenoxy) is 1. The fourth-order valence-corrected chi connectivity index (χ4v) is 1.60. The quantitative estimate of drug-likeness (QED) is 0.887. The number of hydrogen-bond acceptors (Lipinski definition) is 4. The Morgan fingerprint density at radius 3 is 2.56 bits per heavy atom. The van der Waals surface area contributed by atoms with E-state index in [-0.39, 0.29) is 11.7 Å². The van der Waals surface area contributed by atoms with Crippen LogP contribution in [0.15, 0.2) is 30.5 Å². The van der Waals surface area contributed by atoms with Gasteiger partial charge in [0.25, 0.3) is 0 Å². The molecule has 1 atom stereocenters. The Bertz CT molecular complexity index is 548. The van der Waals surface area contributed by atoms with E-state index in [1.54, 1.807) is 7.11 Å². The van der Waals surface area contributed by atoms with Gasteiger partial charge >= 0.3 is 5.97 Å². The van der Waals surface area contributed by atoms with Gasteiger partial charge in [-0.3, -0.25) is 0 Å². The van der Waals surface area contributed by atoms with Crippen molar-refractivity contribution in [3.8, 4) is 5.75 Å². The Balaban J connectivity index is 2.23. The average molecular weight is 247 g/mol. The van der Waals surface area contributed by atoms with Gasteiger partial charge in [0.1, 0.15) is 5.75 Å². The number of rotatable bonds is 4. The molecule has 1 aromatic heterocycles. The molecule has 0 spiro atoms. The van der Waals surface area contributed by atoms with Crippen LogP contribution in [0.2, 0.25) is 0 Å². The van der Waals surface area contributed by atoms with Crippen molar-refractivity contribution in [2.75, 3.05) is 7.11 Å². The minimum Gasteiger partial charge on any atom is -0.497 e. The summed E-state index contributed by atoms with van der Waals surface area (Å²) in [5.74, 6) is -0.307. The summed E-state index contributed by atoms with van der Waals surface area (Å²) in [7, 11) is 1.61. The number of benzene rings is 1. The molecule has 2 aromatic rings. The smallest absolute Gasteiger partial charge is 0.358 e. The van der Waals surface area contributed by atoms with Crippen molar-refractivity contribution < 1.29 is 14.6 Å². The maximum Gasteiger partial charge on any atom is 0.358 e. The number of carboxylic acid groups (broad SMARTS) is 1. The van der Waals surface area contributed by atoms with Crippen LogP contribution in [0.3, 0.4) is 0 Å². The van der Waals surface area contributed by atoms with Gasteiger partial charge in [-0.15, -0.1) is 5.10 Å². The van der Waals surface area contributed by atoms with Crippen LogP contribution in [0.1, 0.15) is 29.0 Å². The zero-order chi connectivity index (χ0) is 13.1. The lowest BCUT2D eigenvalue weighted by Crippen LogP contribution is -2.07. The molecule has 1 N–H and O–H groups in total. The topological polar surface area (TPSA) is 77.2 Å². The van der Waals surface area contributed by atoms with Crippen LogP contribution >= 0.6 is 0 Å². The molecule has 0 aliphatic rings. The van der Waals surface area contributed by atoms with Crippen LogP contribution in [-0.4, -0.2) is 33.2 Å². The zero-order valence-corrected chi connectivity index (χ0v) is 10.1. The maximum atomic E-state index is 10.7. The maximum absolute atomic E-state index is 10.7. The van der Waals surface area contributed by atoms with Crippen molar-refractivity contribution in [3.63, 3.8) is 0 Å². The van der Waals surface area contributed by atoms with Crippen molar-refractivity contribution in [1.29, 1.82) is 0 Å². The highest BCUT2D eigenvalue weighted by Gasteiger charge is 2.13. The minimum atomic E-state index is -1.08. The summed E-state index contributed by atoms with van der Waals surface area (Å²) in [5.41, 5.74) is 0.938. The van der Waals surface area contributed by atoms with Crippen LogP contribution in [0.25, 0.3) is 0 Å². The molecule has 1 heterocycles. The molecular formula is C12H13N3O3. The van der Waals surface area contributed by atoms with Gasteiger partial charge in [-0.1, -0.05) is 17.3 Å². The van der Waals surface area contributed by atoms with Crippen LogP contribution < -0.4 is 4.74 Å². The van der Waals surface area contributed by atoms with Gasteiger partial charge in [0.05, 0.1) is 19.3 Å². The first-order chi connectivity index (χ1) is 8.61. The summed E-state index contributed by atoms with van der Waals surface area (Å²) in [5, 5.41) is 16.2. The normalized spacial score (nSPS) is 12.1. The van der Waals surface area contributed by atoms with Crippen LogP contribution in [-0.2, 0) is 0 Å². The molecule has 0 radical (unpaired) electrons. The predicted octanol–water partition coefficient (Wildman–Crippen LogP) is 1.59. The summed E-state index contributed by atoms with van der Waals surface area (Å²) in [6.07, 6.45) is 1.41. The van der Waals surface area contributed by atoms with E-state index in [1.165, 1.54) is 10.9 Å². The molecule has 18 heavy (non-hydrogen) atoms. The first-order valence-electron chi connectivity index (χ1n) is 5.41. The van der Waals surface area contributed by atoms with Crippen LogP contribution in [0.5, 0.6) is 5.75 Å². The summed E-state index contributed by atoms with van der Waals surface area (Å²) < 4.78 is 6.60. The molecule has 0 bridgehead atoms. The molecule has 0 saturated carbocycles. The molecule has 0 unspecified atom stereocenters. The number of carboxylic acids is 1. The van der Waals surface area contributed by atoms with E-state index < -0.39 is 5.97 Å². The standard InChI is InChI=1S/C12H13N3O3/c1-8(9-3-5-10(18-2)6-4-9)15-7-11(12(16)17)13-14-15/h3-8H,1-2H3,(H,16,17)/t8-/m0/s1. The van der Waals surface area contributed by atoms with E-state index in [9.17, 15) is 4.79 Å². The predicted molar refractivity (Wildman–Crippen MR) is 63.8 cm³/mol. The number of hydrogen-bond donors (Lipinski definition) is 1. The van der Waals surface area contributed by atoms with E-state index in [0.29, 0.717) is 0 Å². The SMILES string of the molecule is COc1ccc([C@H](C)n2cc(C(=O)O)nn2)cc1. The molecule has 0 aliphatic carbocycles. The number of aromatic nitrogens is 3. The minimum absolute atomic E-state index is 0.0599. The number of carbonyl (C=O) groups is 1. The van der Waals surface area contributed by atoms with E-state index in [4.69, 9.17) is 9.84 Å². The fourth-order valence-electron chi connectivity index (χ4n) is 1.60. The number of nitrogens with zero attached hydrogens (tertiary/aromatic N) is 3. The highest BCUT2D eigenvalue weighted by Crippen LogP contribution is 2.20. The van der Waals surface area contributed by atoms with Crippen LogP contribution in [0.4, 0.5) is 0 Å². The molecule has 2 rings (SSSR count). The Morgan fingerprint density at radius 2 is 2.06 bits per heavy atom. The highest BCUT2D eigenvalue weighted by atomic mass is 16.5. The second-order valence-electron chi connectivity index (χ2n) is 3.84. The van der Waals surface area contributed by atoms with Crippen molar-refractivity contribution in [2.24, 2.45) is 0 Å². The number of aromatic carboxylic acids is 1. The molecule has 0 amide bonds. The van der Waals surface area contributed by atoms with Gasteiger partial charge in [-0.25, -0.2) is 9.48 Å². The largest absolute Gasteiger partial charge is 0.497 e. The molecule has 1 aromatic carbocycles. The van der Waals surface area contributed by atoms with E-state index >= 15 is 0 Å². The van der Waals surface area contributed by atoms with Crippen LogP contribution in [0, 0.1) is 0 Å². The van der Waals surface area contributed by atoms with Crippen molar-refractivity contribution >= 4 is 5.97 Å².